The summed E-state index contributed by atoms with van der Waals surface area (Å²) in [6, 6.07) is 6.71. The quantitative estimate of drug-likeness (QED) is 0.651. The van der Waals surface area contributed by atoms with E-state index in [9.17, 15) is 4.79 Å². The molecular formula is C21H26O. The average Bonchev–Trinajstić information content (AvgIpc) is 2.75. The minimum atomic E-state index is -0.0164. The van der Waals surface area contributed by atoms with Crippen LogP contribution in [0.3, 0.4) is 0 Å². The van der Waals surface area contributed by atoms with Crippen LogP contribution in [0.25, 0.3) is 5.57 Å². The Morgan fingerprint density at radius 2 is 1.73 bits per heavy atom. The predicted octanol–water partition coefficient (Wildman–Crippen LogP) is 5.10. The molecule has 1 nitrogen and oxygen atoms in total. The summed E-state index contributed by atoms with van der Waals surface area (Å²) in [5.74, 6) is 0.321. The van der Waals surface area contributed by atoms with E-state index < -0.39 is 0 Å². The molecule has 0 amide bonds. The summed E-state index contributed by atoms with van der Waals surface area (Å²) in [4.78, 5) is 12.9. The lowest BCUT2D eigenvalue weighted by atomic mass is 9.73. The summed E-state index contributed by atoms with van der Waals surface area (Å²) in [6.07, 6.45) is 5.08. The van der Waals surface area contributed by atoms with E-state index in [4.69, 9.17) is 0 Å². The lowest BCUT2D eigenvalue weighted by Gasteiger charge is -2.29. The van der Waals surface area contributed by atoms with Crippen molar-refractivity contribution in [2.45, 2.75) is 53.4 Å². The fraction of sp³-hybridized carbons (Fsp3) is 0.476. The molecule has 116 valence electrons. The molecule has 0 aromatic heterocycles. The van der Waals surface area contributed by atoms with Crippen molar-refractivity contribution >= 4 is 11.4 Å². The monoisotopic (exact) mass is 294 g/mol. The highest BCUT2D eigenvalue weighted by Crippen LogP contribution is 2.43. The number of rotatable bonds is 0. The van der Waals surface area contributed by atoms with E-state index in [2.05, 4.69) is 71.9 Å². The van der Waals surface area contributed by atoms with E-state index in [0.717, 1.165) is 17.6 Å². The van der Waals surface area contributed by atoms with E-state index in [1.54, 1.807) is 0 Å². The molecule has 0 spiro atoms. The van der Waals surface area contributed by atoms with Crippen LogP contribution in [0.1, 0.15) is 58.2 Å². The molecule has 1 aromatic rings. The Morgan fingerprint density at radius 1 is 1.05 bits per heavy atom. The third-order valence-electron chi connectivity index (χ3n) is 4.92. The Morgan fingerprint density at radius 3 is 2.32 bits per heavy atom. The van der Waals surface area contributed by atoms with Gasteiger partial charge in [0, 0.05) is 17.9 Å². The van der Waals surface area contributed by atoms with Gasteiger partial charge in [-0.1, -0.05) is 71.9 Å². The minimum absolute atomic E-state index is 0.00245. The largest absolute Gasteiger partial charge is 0.294 e. The summed E-state index contributed by atoms with van der Waals surface area (Å²) < 4.78 is 0. The fourth-order valence-electron chi connectivity index (χ4n) is 3.48. The third-order valence-corrected chi connectivity index (χ3v) is 4.92. The number of fused-ring (bicyclic) bond motifs is 2. The first-order valence-corrected chi connectivity index (χ1v) is 8.18. The highest BCUT2D eigenvalue weighted by molar-refractivity contribution is 6.11. The van der Waals surface area contributed by atoms with Gasteiger partial charge in [-0.3, -0.25) is 4.79 Å². The number of carbonyl (C=O) groups excluding carboxylic acids is 1. The first kappa shape index (κ1) is 15.3. The van der Waals surface area contributed by atoms with Crippen LogP contribution < -0.4 is 0 Å². The van der Waals surface area contributed by atoms with Crippen molar-refractivity contribution in [1.82, 2.24) is 0 Å². The summed E-state index contributed by atoms with van der Waals surface area (Å²) in [5, 5.41) is 0. The van der Waals surface area contributed by atoms with E-state index in [1.807, 2.05) is 0 Å². The number of ketones is 1. The van der Waals surface area contributed by atoms with Gasteiger partial charge < -0.3 is 0 Å². The van der Waals surface area contributed by atoms with Crippen LogP contribution in [0.15, 0.2) is 35.9 Å². The molecule has 1 aromatic carbocycles. The van der Waals surface area contributed by atoms with Gasteiger partial charge in [-0.2, -0.15) is 0 Å². The van der Waals surface area contributed by atoms with Crippen LogP contribution in [-0.2, 0) is 16.6 Å². The van der Waals surface area contributed by atoms with Crippen molar-refractivity contribution in [2.75, 3.05) is 0 Å². The SMILES string of the molecule is CC(C)(C)c1ccc2c(c1)CC1=C2C=CC(C(C)(C)C)C1=O. The lowest BCUT2D eigenvalue weighted by Crippen LogP contribution is -2.29. The Kier molecular flexibility index (Phi) is 3.25. The molecular weight excluding hydrogens is 268 g/mol. The Bertz CT molecular complexity index is 702. The van der Waals surface area contributed by atoms with Crippen molar-refractivity contribution in [3.63, 3.8) is 0 Å². The highest BCUT2D eigenvalue weighted by atomic mass is 16.1. The van der Waals surface area contributed by atoms with Crippen molar-refractivity contribution in [1.29, 1.82) is 0 Å². The average molecular weight is 294 g/mol. The molecule has 22 heavy (non-hydrogen) atoms. The van der Waals surface area contributed by atoms with Crippen LogP contribution in [-0.4, -0.2) is 5.78 Å². The van der Waals surface area contributed by atoms with Gasteiger partial charge in [-0.25, -0.2) is 0 Å². The molecule has 2 aliphatic carbocycles. The van der Waals surface area contributed by atoms with E-state index in [-0.39, 0.29) is 16.7 Å². The molecule has 0 saturated carbocycles. The molecule has 0 aliphatic heterocycles. The van der Waals surface area contributed by atoms with Crippen molar-refractivity contribution in [2.24, 2.45) is 11.3 Å². The zero-order chi connectivity index (χ0) is 16.3. The first-order chi connectivity index (χ1) is 10.1. The summed E-state index contributed by atoms with van der Waals surface area (Å²) in [7, 11) is 0. The van der Waals surface area contributed by atoms with Gasteiger partial charge in [0.2, 0.25) is 0 Å². The molecule has 1 atom stereocenters. The fourth-order valence-corrected chi connectivity index (χ4v) is 3.48. The second-order valence-electron chi connectivity index (χ2n) is 8.76. The normalized spacial score (nSPS) is 21.2. The van der Waals surface area contributed by atoms with Gasteiger partial charge in [-0.15, -0.1) is 0 Å². The van der Waals surface area contributed by atoms with Gasteiger partial charge in [0.05, 0.1) is 0 Å². The number of benzene rings is 1. The van der Waals surface area contributed by atoms with Crippen LogP contribution in [0, 0.1) is 11.3 Å². The predicted molar refractivity (Wildman–Crippen MR) is 92.9 cm³/mol. The van der Waals surface area contributed by atoms with Gasteiger partial charge >= 0.3 is 0 Å². The van der Waals surface area contributed by atoms with Gasteiger partial charge in [-0.05, 0) is 33.1 Å². The van der Waals surface area contributed by atoms with Crippen molar-refractivity contribution in [3.05, 3.63) is 52.6 Å². The Hall–Kier alpha value is -1.63. The molecule has 0 heterocycles. The number of allylic oxidation sites excluding steroid dienone is 4. The topological polar surface area (TPSA) is 17.1 Å². The van der Waals surface area contributed by atoms with Crippen LogP contribution in [0.2, 0.25) is 0 Å². The molecule has 0 fully saturated rings. The molecule has 0 bridgehead atoms. The van der Waals surface area contributed by atoms with Gasteiger partial charge in [0.15, 0.2) is 5.78 Å². The molecule has 1 unspecified atom stereocenters. The molecule has 1 heteroatoms. The van der Waals surface area contributed by atoms with E-state index >= 15 is 0 Å². The Labute approximate surface area is 134 Å². The molecule has 0 radical (unpaired) electrons. The van der Waals surface area contributed by atoms with Crippen molar-refractivity contribution in [3.8, 4) is 0 Å². The zero-order valence-electron chi connectivity index (χ0n) is 14.6. The maximum absolute atomic E-state index is 12.9. The second-order valence-corrected chi connectivity index (χ2v) is 8.76. The smallest absolute Gasteiger partial charge is 0.167 e. The number of Topliss-reactive ketones (excluding diaryl/α,β-unsaturated/α-hetero) is 1. The maximum atomic E-state index is 12.9. The van der Waals surface area contributed by atoms with E-state index in [0.29, 0.717) is 5.78 Å². The van der Waals surface area contributed by atoms with Gasteiger partial charge in [0.1, 0.15) is 0 Å². The first-order valence-electron chi connectivity index (χ1n) is 8.18. The maximum Gasteiger partial charge on any atom is 0.167 e. The summed E-state index contributed by atoms with van der Waals surface area (Å²) in [5.41, 5.74) is 6.20. The number of carbonyl (C=O) groups is 1. The lowest BCUT2D eigenvalue weighted by molar-refractivity contribution is -0.120. The van der Waals surface area contributed by atoms with Crippen LogP contribution in [0.5, 0.6) is 0 Å². The molecule has 0 N–H and O–H groups in total. The Balaban J connectivity index is 2.00. The second kappa shape index (κ2) is 4.68. The molecule has 3 rings (SSSR count). The van der Waals surface area contributed by atoms with Crippen LogP contribution in [0.4, 0.5) is 0 Å². The van der Waals surface area contributed by atoms with E-state index in [1.165, 1.54) is 16.7 Å². The van der Waals surface area contributed by atoms with Crippen LogP contribution >= 0.6 is 0 Å². The third kappa shape index (κ3) is 2.37. The minimum Gasteiger partial charge on any atom is -0.294 e. The summed E-state index contributed by atoms with van der Waals surface area (Å²) in [6.45, 7) is 13.1. The molecule has 0 saturated heterocycles. The van der Waals surface area contributed by atoms with Gasteiger partial charge in [0.25, 0.3) is 0 Å². The molecule has 2 aliphatic rings. The standard InChI is InChI=1S/C21H26O/c1-20(2,3)14-7-8-15-13(11-14)12-17-16(15)9-10-18(19(17)22)21(4,5)6/h7-11,18H,12H2,1-6H3. The number of hydrogen-bond acceptors (Lipinski definition) is 1. The highest BCUT2D eigenvalue weighted by Gasteiger charge is 2.37. The zero-order valence-corrected chi connectivity index (χ0v) is 14.6. The van der Waals surface area contributed by atoms with Crippen molar-refractivity contribution < 1.29 is 4.79 Å². The summed E-state index contributed by atoms with van der Waals surface area (Å²) >= 11 is 0. The number of hydrogen-bond donors (Lipinski definition) is 0.